The fraction of sp³-hybridized carbons (Fsp3) is 0.467. The van der Waals surface area contributed by atoms with Crippen LogP contribution in [0.4, 0.5) is 5.00 Å². The molecule has 1 aliphatic rings. The Hall–Kier alpha value is -2.22. The summed E-state index contributed by atoms with van der Waals surface area (Å²) in [6, 6.07) is -0.492. The highest BCUT2D eigenvalue weighted by molar-refractivity contribution is 7.17. The predicted molar refractivity (Wildman–Crippen MR) is 87.7 cm³/mol. The van der Waals surface area contributed by atoms with Crippen molar-refractivity contribution in [1.82, 2.24) is 20.1 Å². The molecular weight excluding hydrogens is 314 g/mol. The van der Waals surface area contributed by atoms with Crippen LogP contribution in [0.15, 0.2) is 12.7 Å². The third-order valence-corrected chi connectivity index (χ3v) is 5.28. The lowest BCUT2D eigenvalue weighted by Crippen LogP contribution is -2.26. The molecular formula is C15H19N5O2S. The van der Waals surface area contributed by atoms with Crippen LogP contribution in [-0.2, 0) is 17.6 Å². The van der Waals surface area contributed by atoms with Gasteiger partial charge in [-0.3, -0.25) is 9.59 Å². The normalized spacial score (nSPS) is 14.9. The Morgan fingerprint density at radius 3 is 2.83 bits per heavy atom. The number of carbonyl (C=O) groups is 2. The molecule has 2 N–H and O–H groups in total. The smallest absolute Gasteiger partial charge is 0.254 e. The van der Waals surface area contributed by atoms with Crippen LogP contribution in [0.5, 0.6) is 0 Å². The van der Waals surface area contributed by atoms with Crippen LogP contribution >= 0.6 is 11.3 Å². The van der Waals surface area contributed by atoms with E-state index >= 15 is 0 Å². The standard InChI is InChI=1S/C15H19N5O2S/c1-9(20-8-17-7-18-20)13(21)19-15-12(14(22)16-2)10-5-3-4-6-11(10)23-15/h7-9H,3-6H2,1-2H3,(H,16,22)(H,19,21)/t9-/m0/s1. The van der Waals surface area contributed by atoms with E-state index in [1.165, 1.54) is 33.6 Å². The highest BCUT2D eigenvalue weighted by Crippen LogP contribution is 2.38. The molecule has 0 saturated carbocycles. The summed E-state index contributed by atoms with van der Waals surface area (Å²) in [6.07, 6.45) is 6.97. The SMILES string of the molecule is CNC(=O)c1c(NC(=O)[C@H](C)n2cncn2)sc2c1CCCC2. The van der Waals surface area contributed by atoms with Gasteiger partial charge >= 0.3 is 0 Å². The fourth-order valence-electron chi connectivity index (χ4n) is 2.77. The van der Waals surface area contributed by atoms with Gasteiger partial charge < -0.3 is 10.6 Å². The Morgan fingerprint density at radius 2 is 2.13 bits per heavy atom. The van der Waals surface area contributed by atoms with Crippen molar-refractivity contribution in [1.29, 1.82) is 0 Å². The third-order valence-electron chi connectivity index (χ3n) is 4.08. The van der Waals surface area contributed by atoms with Crippen LogP contribution in [0.25, 0.3) is 0 Å². The summed E-state index contributed by atoms with van der Waals surface area (Å²) in [6.45, 7) is 1.75. The van der Waals surface area contributed by atoms with Crippen LogP contribution in [0.1, 0.15) is 46.6 Å². The molecule has 0 aromatic carbocycles. The summed E-state index contributed by atoms with van der Waals surface area (Å²) < 4.78 is 1.49. The van der Waals surface area contributed by atoms with Gasteiger partial charge in [-0.1, -0.05) is 0 Å². The second kappa shape index (κ2) is 6.49. The largest absolute Gasteiger partial charge is 0.355 e. The van der Waals surface area contributed by atoms with Crippen LogP contribution in [0, 0.1) is 0 Å². The monoisotopic (exact) mass is 333 g/mol. The van der Waals surface area contributed by atoms with Gasteiger partial charge in [0.05, 0.1) is 5.56 Å². The molecule has 122 valence electrons. The number of aromatic nitrogens is 3. The van der Waals surface area contributed by atoms with Gasteiger partial charge in [-0.25, -0.2) is 9.67 Å². The van der Waals surface area contributed by atoms with E-state index in [9.17, 15) is 9.59 Å². The van der Waals surface area contributed by atoms with E-state index in [2.05, 4.69) is 20.7 Å². The van der Waals surface area contributed by atoms with Crippen molar-refractivity contribution in [3.05, 3.63) is 28.7 Å². The van der Waals surface area contributed by atoms with E-state index in [0.717, 1.165) is 31.2 Å². The molecule has 0 saturated heterocycles. The first-order valence-corrected chi connectivity index (χ1v) is 8.45. The lowest BCUT2D eigenvalue weighted by molar-refractivity contribution is -0.119. The first-order valence-electron chi connectivity index (χ1n) is 7.63. The highest BCUT2D eigenvalue weighted by Gasteiger charge is 2.27. The molecule has 0 spiro atoms. The molecule has 1 aliphatic carbocycles. The average molecular weight is 333 g/mol. The topological polar surface area (TPSA) is 88.9 Å². The Morgan fingerprint density at radius 1 is 1.35 bits per heavy atom. The summed E-state index contributed by atoms with van der Waals surface area (Å²) in [5.74, 6) is -0.354. The van der Waals surface area contributed by atoms with Crippen molar-refractivity contribution in [2.75, 3.05) is 12.4 Å². The number of carbonyl (C=O) groups excluding carboxylic acids is 2. The van der Waals surface area contributed by atoms with E-state index < -0.39 is 6.04 Å². The van der Waals surface area contributed by atoms with Crippen molar-refractivity contribution in [3.8, 4) is 0 Å². The van der Waals surface area contributed by atoms with Crippen molar-refractivity contribution in [3.63, 3.8) is 0 Å². The van der Waals surface area contributed by atoms with Crippen molar-refractivity contribution in [2.45, 2.75) is 38.6 Å². The van der Waals surface area contributed by atoms with Gasteiger partial charge in [0.2, 0.25) is 5.91 Å². The van der Waals surface area contributed by atoms with Gasteiger partial charge in [-0.05, 0) is 38.2 Å². The minimum Gasteiger partial charge on any atom is -0.355 e. The van der Waals surface area contributed by atoms with E-state index in [1.807, 2.05) is 0 Å². The highest BCUT2D eigenvalue weighted by atomic mass is 32.1. The molecule has 2 aromatic rings. The van der Waals surface area contributed by atoms with Crippen molar-refractivity contribution >= 4 is 28.2 Å². The molecule has 0 bridgehead atoms. The summed E-state index contributed by atoms with van der Waals surface area (Å²) in [4.78, 5) is 29.8. The maximum Gasteiger partial charge on any atom is 0.254 e. The predicted octanol–water partition coefficient (Wildman–Crippen LogP) is 1.78. The minimum absolute atomic E-state index is 0.145. The average Bonchev–Trinajstić information content (AvgIpc) is 3.20. The maximum atomic E-state index is 12.5. The summed E-state index contributed by atoms with van der Waals surface area (Å²) >= 11 is 1.51. The van der Waals surface area contributed by atoms with E-state index in [0.29, 0.717) is 10.6 Å². The summed E-state index contributed by atoms with van der Waals surface area (Å²) in [5, 5.41) is 10.2. The van der Waals surface area contributed by atoms with Crippen LogP contribution in [-0.4, -0.2) is 33.6 Å². The van der Waals surface area contributed by atoms with Crippen molar-refractivity contribution in [2.24, 2.45) is 0 Å². The Bertz CT molecular complexity index is 723. The quantitative estimate of drug-likeness (QED) is 0.892. The molecule has 1 atom stereocenters. The number of aryl methyl sites for hydroxylation is 1. The van der Waals surface area contributed by atoms with Gasteiger partial charge in [0.15, 0.2) is 0 Å². The first-order chi connectivity index (χ1) is 11.1. The van der Waals surface area contributed by atoms with Gasteiger partial charge in [-0.15, -0.1) is 11.3 Å². The molecule has 0 radical (unpaired) electrons. The Balaban J connectivity index is 1.88. The number of rotatable bonds is 4. The van der Waals surface area contributed by atoms with E-state index in [4.69, 9.17) is 0 Å². The Kier molecular flexibility index (Phi) is 4.42. The molecule has 8 heteroatoms. The number of hydrogen-bond acceptors (Lipinski definition) is 5. The number of nitrogens with one attached hydrogen (secondary N) is 2. The molecule has 2 heterocycles. The zero-order valence-electron chi connectivity index (χ0n) is 13.1. The molecule has 0 fully saturated rings. The number of fused-ring (bicyclic) bond motifs is 1. The van der Waals surface area contributed by atoms with Gasteiger partial charge in [0.25, 0.3) is 5.91 Å². The maximum absolute atomic E-state index is 12.5. The number of anilines is 1. The third kappa shape index (κ3) is 2.98. The molecule has 2 aromatic heterocycles. The molecule has 2 amide bonds. The van der Waals surface area contributed by atoms with Crippen LogP contribution in [0.2, 0.25) is 0 Å². The summed E-state index contributed by atoms with van der Waals surface area (Å²) in [5.41, 5.74) is 1.70. The zero-order valence-corrected chi connectivity index (χ0v) is 13.9. The van der Waals surface area contributed by atoms with Gasteiger partial charge in [0.1, 0.15) is 23.7 Å². The number of nitrogens with zero attached hydrogens (tertiary/aromatic N) is 3. The molecule has 3 rings (SSSR count). The van der Waals surface area contributed by atoms with E-state index in [1.54, 1.807) is 14.0 Å². The molecule has 7 nitrogen and oxygen atoms in total. The van der Waals surface area contributed by atoms with Crippen LogP contribution < -0.4 is 10.6 Å². The van der Waals surface area contributed by atoms with Crippen LogP contribution in [0.3, 0.4) is 0 Å². The van der Waals surface area contributed by atoms with Gasteiger partial charge in [0, 0.05) is 11.9 Å². The van der Waals surface area contributed by atoms with Gasteiger partial charge in [-0.2, -0.15) is 5.10 Å². The first kappa shape index (κ1) is 15.7. The summed E-state index contributed by atoms with van der Waals surface area (Å²) in [7, 11) is 1.61. The number of amides is 2. The lowest BCUT2D eigenvalue weighted by Gasteiger charge is -2.13. The molecule has 0 unspecified atom stereocenters. The second-order valence-corrected chi connectivity index (χ2v) is 6.64. The number of thiophene rings is 1. The van der Waals surface area contributed by atoms with E-state index in [-0.39, 0.29) is 11.8 Å². The second-order valence-electron chi connectivity index (χ2n) is 5.53. The van der Waals surface area contributed by atoms with Crippen molar-refractivity contribution < 1.29 is 9.59 Å². The lowest BCUT2D eigenvalue weighted by atomic mass is 9.95. The number of hydrogen-bond donors (Lipinski definition) is 2. The molecule has 23 heavy (non-hydrogen) atoms. The molecule has 0 aliphatic heterocycles. The zero-order chi connectivity index (χ0) is 16.4. The minimum atomic E-state index is -0.492. The Labute approximate surface area is 138 Å². The fourth-order valence-corrected chi connectivity index (χ4v) is 4.06.